The van der Waals surface area contributed by atoms with Gasteiger partial charge in [-0.25, -0.2) is 0 Å². The number of rotatable bonds is 4. The molecule has 3 heteroatoms. The van der Waals surface area contributed by atoms with Crippen molar-refractivity contribution in [1.29, 1.82) is 0 Å². The second-order valence-electron chi connectivity index (χ2n) is 13.4. The van der Waals surface area contributed by atoms with Crippen molar-refractivity contribution in [3.05, 3.63) is 182 Å². The first kappa shape index (κ1) is 28.0. The number of aromatic nitrogens is 2. The van der Waals surface area contributed by atoms with Crippen molar-refractivity contribution in [3.63, 3.8) is 0 Å². The maximum absolute atomic E-state index is 6.09. The number of furan rings is 1. The summed E-state index contributed by atoms with van der Waals surface area (Å²) < 4.78 is 10.9. The van der Waals surface area contributed by atoms with Crippen LogP contribution in [0.15, 0.2) is 186 Å². The highest BCUT2D eigenvalue weighted by atomic mass is 16.3. The van der Waals surface area contributed by atoms with E-state index in [1.807, 2.05) is 12.1 Å². The van der Waals surface area contributed by atoms with Gasteiger partial charge in [0.05, 0.1) is 22.1 Å². The Morgan fingerprint density at radius 1 is 0.275 bits per heavy atom. The lowest BCUT2D eigenvalue weighted by Gasteiger charge is -2.11. The summed E-state index contributed by atoms with van der Waals surface area (Å²) >= 11 is 0. The second kappa shape index (κ2) is 10.8. The standard InChI is InChI=1S/C48H30N2O/c1-2-10-35(11-3-1)49-44-16-8-5-13-38(44)41-28-33(21-26-45(41)49)34-20-25-39-37-12-4-7-15-43(37)50(46(39)30-34)36-23-18-31(19-24-36)32-22-27-48-42(29-32)40-14-6-9-17-47(40)51-48/h1-30H. The van der Waals surface area contributed by atoms with Crippen molar-refractivity contribution in [2.75, 3.05) is 0 Å². The molecule has 11 rings (SSSR count). The van der Waals surface area contributed by atoms with Crippen LogP contribution in [0.5, 0.6) is 0 Å². The lowest BCUT2D eigenvalue weighted by molar-refractivity contribution is 0.669. The summed E-state index contributed by atoms with van der Waals surface area (Å²) in [7, 11) is 0. The molecule has 0 N–H and O–H groups in total. The summed E-state index contributed by atoms with van der Waals surface area (Å²) in [5.41, 5.74) is 13.7. The first-order chi connectivity index (χ1) is 25.3. The van der Waals surface area contributed by atoms with Gasteiger partial charge in [-0.1, -0.05) is 109 Å². The SMILES string of the molecule is c1ccc(-n2c3ccccc3c3cc(-c4ccc5c6ccccc6n(-c6ccc(-c7ccc8oc9ccccc9c8c7)cc6)c5c4)ccc32)cc1. The molecule has 0 radical (unpaired) electrons. The van der Waals surface area contributed by atoms with Crippen LogP contribution >= 0.6 is 0 Å². The average Bonchev–Trinajstić information content (AvgIpc) is 3.85. The topological polar surface area (TPSA) is 23.0 Å². The Hall–Kier alpha value is -6.84. The molecule has 8 aromatic carbocycles. The van der Waals surface area contributed by atoms with E-state index in [2.05, 4.69) is 179 Å². The highest BCUT2D eigenvalue weighted by Crippen LogP contribution is 2.39. The number of nitrogens with zero attached hydrogens (tertiary/aromatic N) is 2. The zero-order valence-electron chi connectivity index (χ0n) is 27.6. The maximum Gasteiger partial charge on any atom is 0.135 e. The summed E-state index contributed by atoms with van der Waals surface area (Å²) in [5, 5.41) is 7.30. The van der Waals surface area contributed by atoms with Crippen molar-refractivity contribution < 1.29 is 4.42 Å². The van der Waals surface area contributed by atoms with Gasteiger partial charge in [0.15, 0.2) is 0 Å². The van der Waals surface area contributed by atoms with E-state index in [9.17, 15) is 0 Å². The van der Waals surface area contributed by atoms with Crippen LogP contribution in [-0.2, 0) is 0 Å². The van der Waals surface area contributed by atoms with E-state index in [-0.39, 0.29) is 0 Å². The molecular weight excluding hydrogens is 621 g/mol. The molecule has 0 aliphatic rings. The highest BCUT2D eigenvalue weighted by molar-refractivity contribution is 6.12. The molecular formula is C48H30N2O. The monoisotopic (exact) mass is 650 g/mol. The van der Waals surface area contributed by atoms with Crippen LogP contribution in [0.25, 0.3) is 99.2 Å². The molecule has 0 fully saturated rings. The van der Waals surface area contributed by atoms with Gasteiger partial charge in [-0.3, -0.25) is 0 Å². The van der Waals surface area contributed by atoms with Crippen LogP contribution in [-0.4, -0.2) is 9.13 Å². The predicted molar refractivity (Wildman–Crippen MR) is 213 cm³/mol. The number of fused-ring (bicyclic) bond motifs is 9. The van der Waals surface area contributed by atoms with Gasteiger partial charge in [-0.15, -0.1) is 0 Å². The van der Waals surface area contributed by atoms with Gasteiger partial charge in [0.25, 0.3) is 0 Å². The summed E-state index contributed by atoms with van der Waals surface area (Å²) in [6, 6.07) is 65.6. The molecule has 0 unspecified atom stereocenters. The number of hydrogen-bond donors (Lipinski definition) is 0. The number of hydrogen-bond acceptors (Lipinski definition) is 1. The van der Waals surface area contributed by atoms with Crippen molar-refractivity contribution in [2.24, 2.45) is 0 Å². The molecule has 0 aliphatic heterocycles. The Balaban J connectivity index is 1.05. The molecule has 11 aromatic rings. The molecule has 3 heterocycles. The van der Waals surface area contributed by atoms with Crippen LogP contribution in [0.3, 0.4) is 0 Å². The average molecular weight is 651 g/mol. The van der Waals surface area contributed by atoms with Crippen LogP contribution < -0.4 is 0 Å². The smallest absolute Gasteiger partial charge is 0.135 e. The lowest BCUT2D eigenvalue weighted by Crippen LogP contribution is -1.94. The van der Waals surface area contributed by atoms with Crippen LogP contribution in [0, 0.1) is 0 Å². The molecule has 238 valence electrons. The summed E-state index contributed by atoms with van der Waals surface area (Å²) in [5.74, 6) is 0. The summed E-state index contributed by atoms with van der Waals surface area (Å²) in [6.07, 6.45) is 0. The Morgan fingerprint density at radius 2 is 0.765 bits per heavy atom. The van der Waals surface area contributed by atoms with Gasteiger partial charge in [-0.2, -0.15) is 0 Å². The summed E-state index contributed by atoms with van der Waals surface area (Å²) in [4.78, 5) is 0. The van der Waals surface area contributed by atoms with Crippen molar-refractivity contribution >= 4 is 65.6 Å². The Bertz CT molecular complexity index is 3120. The quantitative estimate of drug-likeness (QED) is 0.186. The van der Waals surface area contributed by atoms with Gasteiger partial charge < -0.3 is 13.6 Å². The minimum atomic E-state index is 0.916. The van der Waals surface area contributed by atoms with Crippen molar-refractivity contribution in [3.8, 4) is 33.6 Å². The lowest BCUT2D eigenvalue weighted by atomic mass is 10.0. The van der Waals surface area contributed by atoms with E-state index < -0.39 is 0 Å². The van der Waals surface area contributed by atoms with Crippen molar-refractivity contribution in [1.82, 2.24) is 9.13 Å². The zero-order valence-corrected chi connectivity index (χ0v) is 27.6. The molecule has 0 amide bonds. The largest absolute Gasteiger partial charge is 0.456 e. The van der Waals surface area contributed by atoms with Gasteiger partial charge in [-0.05, 0) is 95.1 Å². The zero-order chi connectivity index (χ0) is 33.5. The molecule has 0 aliphatic carbocycles. The van der Waals surface area contributed by atoms with Gasteiger partial charge in [0.1, 0.15) is 11.2 Å². The molecule has 0 saturated carbocycles. The third kappa shape index (κ3) is 4.25. The third-order valence-corrected chi connectivity index (χ3v) is 10.5. The highest BCUT2D eigenvalue weighted by Gasteiger charge is 2.16. The molecule has 0 saturated heterocycles. The third-order valence-electron chi connectivity index (χ3n) is 10.5. The van der Waals surface area contributed by atoms with Crippen molar-refractivity contribution in [2.45, 2.75) is 0 Å². The van der Waals surface area contributed by atoms with E-state index in [1.54, 1.807) is 0 Å². The molecule has 51 heavy (non-hydrogen) atoms. The number of para-hydroxylation sites is 4. The first-order valence-electron chi connectivity index (χ1n) is 17.4. The van der Waals surface area contributed by atoms with Gasteiger partial charge in [0.2, 0.25) is 0 Å². The maximum atomic E-state index is 6.09. The van der Waals surface area contributed by atoms with Crippen LogP contribution in [0.4, 0.5) is 0 Å². The number of benzene rings is 8. The van der Waals surface area contributed by atoms with E-state index in [0.29, 0.717) is 0 Å². The fourth-order valence-corrected chi connectivity index (χ4v) is 8.14. The van der Waals surface area contributed by atoms with E-state index in [0.717, 1.165) is 27.6 Å². The second-order valence-corrected chi connectivity index (χ2v) is 13.4. The first-order valence-corrected chi connectivity index (χ1v) is 17.4. The van der Waals surface area contributed by atoms with E-state index >= 15 is 0 Å². The molecule has 3 nitrogen and oxygen atoms in total. The predicted octanol–water partition coefficient (Wildman–Crippen LogP) is 13.1. The minimum Gasteiger partial charge on any atom is -0.456 e. The van der Waals surface area contributed by atoms with E-state index in [1.165, 1.54) is 71.6 Å². The Morgan fingerprint density at radius 3 is 1.57 bits per heavy atom. The van der Waals surface area contributed by atoms with E-state index in [4.69, 9.17) is 4.42 Å². The normalized spacial score (nSPS) is 11.9. The minimum absolute atomic E-state index is 0.916. The molecule has 0 atom stereocenters. The molecule has 0 spiro atoms. The van der Waals surface area contributed by atoms with Crippen LogP contribution in [0.2, 0.25) is 0 Å². The molecule has 3 aromatic heterocycles. The fourth-order valence-electron chi connectivity index (χ4n) is 8.14. The Kier molecular flexibility index (Phi) is 5.96. The summed E-state index contributed by atoms with van der Waals surface area (Å²) in [6.45, 7) is 0. The fraction of sp³-hybridized carbons (Fsp3) is 0. The van der Waals surface area contributed by atoms with Gasteiger partial charge in [0, 0.05) is 43.7 Å². The Labute approximate surface area is 293 Å². The van der Waals surface area contributed by atoms with Gasteiger partial charge >= 0.3 is 0 Å². The van der Waals surface area contributed by atoms with Crippen LogP contribution in [0.1, 0.15) is 0 Å². The molecule has 0 bridgehead atoms.